The van der Waals surface area contributed by atoms with E-state index in [1.54, 1.807) is 0 Å². The van der Waals surface area contributed by atoms with E-state index in [1.165, 1.54) is 70.6 Å². The lowest BCUT2D eigenvalue weighted by Gasteiger charge is -2.42. The fraction of sp³-hybridized carbons (Fsp3) is 0.931. The monoisotopic (exact) mass is 464 g/mol. The Balaban J connectivity index is 1.89. The van der Waals surface area contributed by atoms with Gasteiger partial charge in [-0.2, -0.15) is 0 Å². The Labute approximate surface area is 203 Å². The van der Waals surface area contributed by atoms with Crippen LogP contribution in [0.25, 0.3) is 0 Å². The first-order valence-electron chi connectivity index (χ1n) is 14.3. The number of esters is 1. The van der Waals surface area contributed by atoms with E-state index < -0.39 is 17.8 Å². The van der Waals surface area contributed by atoms with Crippen LogP contribution in [0.4, 0.5) is 0 Å². The van der Waals surface area contributed by atoms with Gasteiger partial charge in [-0.05, 0) is 68.1 Å². The summed E-state index contributed by atoms with van der Waals surface area (Å²) in [6.45, 7) is 9.51. The highest BCUT2D eigenvalue weighted by molar-refractivity contribution is 5.81. The van der Waals surface area contributed by atoms with Gasteiger partial charge in [-0.15, -0.1) is 0 Å². The lowest BCUT2D eigenvalue weighted by atomic mass is 9.64. The first-order chi connectivity index (χ1) is 15.9. The van der Waals surface area contributed by atoms with Gasteiger partial charge in [0.05, 0.1) is 18.4 Å². The van der Waals surface area contributed by atoms with E-state index in [-0.39, 0.29) is 5.97 Å². The number of rotatable bonds is 14. The average Bonchev–Trinajstić information content (AvgIpc) is 2.80. The van der Waals surface area contributed by atoms with Crippen LogP contribution >= 0.6 is 0 Å². The third-order valence-electron chi connectivity index (χ3n) is 8.92. The van der Waals surface area contributed by atoms with Crippen LogP contribution in [0.3, 0.4) is 0 Å². The zero-order valence-corrected chi connectivity index (χ0v) is 22.0. The predicted octanol–water partition coefficient (Wildman–Crippen LogP) is 7.89. The number of carbonyl (C=O) groups excluding carboxylic acids is 1. The maximum Gasteiger partial charge on any atom is 0.309 e. The van der Waals surface area contributed by atoms with Gasteiger partial charge in [0.15, 0.2) is 0 Å². The summed E-state index contributed by atoms with van der Waals surface area (Å²) in [6, 6.07) is 0. The van der Waals surface area contributed by atoms with E-state index in [9.17, 15) is 14.7 Å². The molecule has 0 bridgehead atoms. The van der Waals surface area contributed by atoms with Crippen molar-refractivity contribution in [2.75, 3.05) is 6.61 Å². The minimum atomic E-state index is -0.840. The maximum absolute atomic E-state index is 12.9. The number of carboxylic acids is 1. The van der Waals surface area contributed by atoms with Crippen LogP contribution < -0.4 is 0 Å². The van der Waals surface area contributed by atoms with Crippen molar-refractivity contribution >= 4 is 11.9 Å². The van der Waals surface area contributed by atoms with Crippen molar-refractivity contribution in [1.29, 1.82) is 0 Å². The Kier molecular flexibility index (Phi) is 12.8. The van der Waals surface area contributed by atoms with Gasteiger partial charge in [-0.3, -0.25) is 9.59 Å². The van der Waals surface area contributed by atoms with Crippen LogP contribution in [0.15, 0.2) is 0 Å². The molecule has 7 atom stereocenters. The molecule has 0 aromatic heterocycles. The van der Waals surface area contributed by atoms with E-state index >= 15 is 0 Å². The highest BCUT2D eigenvalue weighted by Crippen LogP contribution is 2.44. The molecule has 2 saturated carbocycles. The summed E-state index contributed by atoms with van der Waals surface area (Å²) >= 11 is 0. The van der Waals surface area contributed by atoms with E-state index in [0.29, 0.717) is 37.2 Å². The Bertz CT molecular complexity index is 574. The topological polar surface area (TPSA) is 63.6 Å². The van der Waals surface area contributed by atoms with Crippen molar-refractivity contribution in [2.45, 2.75) is 124 Å². The lowest BCUT2D eigenvalue weighted by molar-refractivity contribution is -0.162. The molecule has 0 aliphatic heterocycles. The molecule has 0 aromatic carbocycles. The molecule has 2 aliphatic rings. The summed E-state index contributed by atoms with van der Waals surface area (Å²) < 4.78 is 5.84. The molecule has 1 N–H and O–H groups in total. The highest BCUT2D eigenvalue weighted by Gasteiger charge is 2.40. The smallest absolute Gasteiger partial charge is 0.309 e. The van der Waals surface area contributed by atoms with Gasteiger partial charge in [0.2, 0.25) is 0 Å². The van der Waals surface area contributed by atoms with Crippen LogP contribution in [0.2, 0.25) is 0 Å². The van der Waals surface area contributed by atoms with Crippen LogP contribution in [0.5, 0.6) is 0 Å². The van der Waals surface area contributed by atoms with Gasteiger partial charge in [0.1, 0.15) is 0 Å². The van der Waals surface area contributed by atoms with E-state index in [4.69, 9.17) is 4.74 Å². The van der Waals surface area contributed by atoms with Gasteiger partial charge in [-0.25, -0.2) is 0 Å². The Morgan fingerprint density at radius 3 is 2.15 bits per heavy atom. The Morgan fingerprint density at radius 2 is 1.45 bits per heavy atom. The maximum atomic E-state index is 12.9. The van der Waals surface area contributed by atoms with Crippen molar-refractivity contribution in [3.05, 3.63) is 0 Å². The van der Waals surface area contributed by atoms with Crippen molar-refractivity contribution < 1.29 is 19.4 Å². The number of unbranched alkanes of at least 4 members (excludes halogenated alkanes) is 6. The molecular formula is C29H52O4. The first-order valence-corrected chi connectivity index (χ1v) is 14.3. The largest absolute Gasteiger partial charge is 0.481 e. The molecule has 2 aliphatic carbocycles. The first kappa shape index (κ1) is 28.2. The van der Waals surface area contributed by atoms with Crippen LogP contribution in [-0.4, -0.2) is 23.7 Å². The van der Waals surface area contributed by atoms with Crippen molar-refractivity contribution in [3.63, 3.8) is 0 Å². The molecule has 0 amide bonds. The van der Waals surface area contributed by atoms with E-state index in [2.05, 4.69) is 27.7 Å². The molecule has 0 aromatic rings. The predicted molar refractivity (Wildman–Crippen MR) is 135 cm³/mol. The molecule has 0 heterocycles. The number of carboxylic acid groups (broad SMARTS) is 1. The zero-order chi connectivity index (χ0) is 24.2. The van der Waals surface area contributed by atoms with E-state index in [0.717, 1.165) is 24.7 Å². The summed E-state index contributed by atoms with van der Waals surface area (Å²) in [5.74, 6) is 0.776. The minimum absolute atomic E-state index is 0.262. The van der Waals surface area contributed by atoms with Crippen molar-refractivity contribution in [2.24, 2.45) is 41.4 Å². The third-order valence-corrected chi connectivity index (χ3v) is 8.92. The highest BCUT2D eigenvalue weighted by atomic mass is 16.5. The van der Waals surface area contributed by atoms with Crippen LogP contribution in [0.1, 0.15) is 124 Å². The number of ether oxygens (including phenoxy) is 1. The molecule has 0 spiro atoms. The van der Waals surface area contributed by atoms with Gasteiger partial charge in [-0.1, -0.05) is 85.5 Å². The van der Waals surface area contributed by atoms with Crippen LogP contribution in [-0.2, 0) is 14.3 Å². The summed E-state index contributed by atoms with van der Waals surface area (Å²) in [5.41, 5.74) is 0. The van der Waals surface area contributed by atoms with Crippen molar-refractivity contribution in [3.8, 4) is 0 Å². The van der Waals surface area contributed by atoms with Gasteiger partial charge >= 0.3 is 11.9 Å². The second-order valence-corrected chi connectivity index (χ2v) is 11.4. The standard InChI is InChI=1S/C29H52O4/c1-5-7-9-10-11-12-14-25-22(4)24(17-16-23(25)13-8-6-2)20-33-29(32)26-18-15-21(3)19-27(26)28(30)31/h21-27H,5-20H2,1-4H3,(H,30,31). The SMILES string of the molecule is CCCCCCCCC1C(CCCC)CCC(COC(=O)C2CCC(C)CC2C(=O)O)C1C. The summed E-state index contributed by atoms with van der Waals surface area (Å²) in [6.07, 6.45) is 17.9. The quantitative estimate of drug-likeness (QED) is 0.210. The molecule has 0 radical (unpaired) electrons. The molecule has 2 rings (SSSR count). The van der Waals surface area contributed by atoms with Crippen LogP contribution in [0, 0.1) is 41.4 Å². The van der Waals surface area contributed by atoms with Crippen molar-refractivity contribution in [1.82, 2.24) is 0 Å². The minimum Gasteiger partial charge on any atom is -0.481 e. The fourth-order valence-corrected chi connectivity index (χ4v) is 6.63. The molecule has 192 valence electrons. The van der Waals surface area contributed by atoms with Gasteiger partial charge in [0.25, 0.3) is 0 Å². The molecule has 4 heteroatoms. The summed E-state index contributed by atoms with van der Waals surface area (Å²) in [7, 11) is 0. The van der Waals surface area contributed by atoms with Gasteiger partial charge < -0.3 is 9.84 Å². The fourth-order valence-electron chi connectivity index (χ4n) is 6.63. The molecule has 0 saturated heterocycles. The second kappa shape index (κ2) is 15.0. The molecular weight excluding hydrogens is 412 g/mol. The normalized spacial score (nSPS) is 32.4. The zero-order valence-electron chi connectivity index (χ0n) is 22.0. The lowest BCUT2D eigenvalue weighted by Crippen LogP contribution is -2.39. The molecule has 2 fully saturated rings. The van der Waals surface area contributed by atoms with Gasteiger partial charge in [0, 0.05) is 0 Å². The summed E-state index contributed by atoms with van der Waals surface area (Å²) in [4.78, 5) is 24.6. The molecule has 33 heavy (non-hydrogen) atoms. The Hall–Kier alpha value is -1.06. The third kappa shape index (κ3) is 8.91. The number of hydrogen-bond acceptors (Lipinski definition) is 3. The number of hydrogen-bond donors (Lipinski definition) is 1. The van der Waals surface area contributed by atoms with E-state index in [1.807, 2.05) is 0 Å². The average molecular weight is 465 g/mol. The summed E-state index contributed by atoms with van der Waals surface area (Å²) in [5, 5.41) is 9.61. The Morgan fingerprint density at radius 1 is 0.788 bits per heavy atom. The number of carbonyl (C=O) groups is 2. The molecule has 7 unspecified atom stereocenters. The number of aliphatic carboxylic acids is 1. The molecule has 4 nitrogen and oxygen atoms in total. The second-order valence-electron chi connectivity index (χ2n) is 11.4.